The van der Waals surface area contributed by atoms with E-state index in [0.717, 1.165) is 10.6 Å². The molecule has 6 heteroatoms. The Balaban J connectivity index is 2.63. The van der Waals surface area contributed by atoms with Gasteiger partial charge < -0.3 is 10.2 Å². The van der Waals surface area contributed by atoms with E-state index in [2.05, 4.69) is 10.3 Å². The van der Waals surface area contributed by atoms with Crippen molar-refractivity contribution in [3.05, 3.63) is 10.6 Å². The van der Waals surface area contributed by atoms with Gasteiger partial charge in [0.25, 0.3) is 0 Å². The Morgan fingerprint density at radius 2 is 2.00 bits per heavy atom. The van der Waals surface area contributed by atoms with Gasteiger partial charge in [-0.2, -0.15) is 0 Å². The number of carbonyl (C=O) groups excluding carboxylic acids is 2. The molecule has 0 aromatic carbocycles. The first-order chi connectivity index (χ1) is 9.33. The highest BCUT2D eigenvalue weighted by atomic mass is 32.1. The molecule has 2 amide bonds. The lowest BCUT2D eigenvalue weighted by Gasteiger charge is -2.23. The Morgan fingerprint density at radius 1 is 1.35 bits per heavy atom. The van der Waals surface area contributed by atoms with Gasteiger partial charge in [0.1, 0.15) is 0 Å². The summed E-state index contributed by atoms with van der Waals surface area (Å²) in [6.45, 7) is 10.4. The smallest absolute Gasteiger partial charge is 0.245 e. The Kier molecular flexibility index (Phi) is 6.13. The largest absolute Gasteiger partial charge is 0.333 e. The molecule has 0 aliphatic carbocycles. The molecule has 1 N–H and O–H groups in total. The SMILES string of the molecule is CCC(=O)N(CC(=O)Nc1nc(C)c(C)s1)CC(C)C. The monoisotopic (exact) mass is 297 g/mol. The first kappa shape index (κ1) is 16.6. The standard InChI is InChI=1S/C14H23N3O2S/c1-6-13(19)17(7-9(2)3)8-12(18)16-14-15-10(4)11(5)20-14/h9H,6-8H2,1-5H3,(H,15,16,18). The maximum absolute atomic E-state index is 12.0. The van der Waals surface area contributed by atoms with Crippen LogP contribution in [0.1, 0.15) is 37.8 Å². The van der Waals surface area contributed by atoms with Crippen molar-refractivity contribution >= 4 is 28.3 Å². The molecule has 1 rings (SSSR count). The number of anilines is 1. The van der Waals surface area contributed by atoms with Crippen LogP contribution in [0.15, 0.2) is 0 Å². The summed E-state index contributed by atoms with van der Waals surface area (Å²) >= 11 is 1.45. The third kappa shape index (κ3) is 4.92. The fourth-order valence-corrected chi connectivity index (χ4v) is 2.61. The minimum absolute atomic E-state index is 0.000324. The molecular weight excluding hydrogens is 274 g/mol. The number of carbonyl (C=O) groups is 2. The second-order valence-electron chi connectivity index (χ2n) is 5.23. The normalized spacial score (nSPS) is 10.7. The zero-order valence-electron chi connectivity index (χ0n) is 12.8. The molecule has 0 aliphatic heterocycles. The number of rotatable bonds is 6. The number of hydrogen-bond acceptors (Lipinski definition) is 4. The van der Waals surface area contributed by atoms with Crippen molar-refractivity contribution in [1.82, 2.24) is 9.88 Å². The van der Waals surface area contributed by atoms with Gasteiger partial charge in [0, 0.05) is 17.8 Å². The van der Waals surface area contributed by atoms with Crippen LogP contribution in [-0.2, 0) is 9.59 Å². The highest BCUT2D eigenvalue weighted by Crippen LogP contribution is 2.20. The Hall–Kier alpha value is -1.43. The second-order valence-corrected chi connectivity index (χ2v) is 6.43. The molecule has 0 unspecified atom stereocenters. The number of nitrogens with zero attached hydrogens (tertiary/aromatic N) is 2. The summed E-state index contributed by atoms with van der Waals surface area (Å²) in [5.74, 6) is 0.143. The van der Waals surface area contributed by atoms with Crippen molar-refractivity contribution < 1.29 is 9.59 Å². The molecule has 1 aromatic rings. The number of nitrogens with one attached hydrogen (secondary N) is 1. The van der Waals surface area contributed by atoms with Gasteiger partial charge in [0.15, 0.2) is 5.13 Å². The molecule has 112 valence electrons. The van der Waals surface area contributed by atoms with Gasteiger partial charge in [-0.1, -0.05) is 20.8 Å². The minimum atomic E-state index is -0.193. The number of thiazole rings is 1. The van der Waals surface area contributed by atoms with Gasteiger partial charge in [-0.05, 0) is 19.8 Å². The van der Waals surface area contributed by atoms with Crippen LogP contribution in [0.5, 0.6) is 0 Å². The van der Waals surface area contributed by atoms with E-state index in [0.29, 0.717) is 24.0 Å². The van der Waals surface area contributed by atoms with Gasteiger partial charge in [0.2, 0.25) is 11.8 Å². The van der Waals surface area contributed by atoms with Gasteiger partial charge in [-0.25, -0.2) is 4.98 Å². The van der Waals surface area contributed by atoms with Crippen molar-refractivity contribution in [2.45, 2.75) is 41.0 Å². The van der Waals surface area contributed by atoms with Crippen molar-refractivity contribution in [2.24, 2.45) is 5.92 Å². The highest BCUT2D eigenvalue weighted by Gasteiger charge is 2.17. The maximum atomic E-state index is 12.0. The first-order valence-electron chi connectivity index (χ1n) is 6.85. The molecule has 0 saturated carbocycles. The van der Waals surface area contributed by atoms with E-state index in [4.69, 9.17) is 0 Å². The van der Waals surface area contributed by atoms with Crippen LogP contribution in [0.3, 0.4) is 0 Å². The zero-order valence-corrected chi connectivity index (χ0v) is 13.6. The lowest BCUT2D eigenvalue weighted by molar-refractivity contribution is -0.134. The molecule has 20 heavy (non-hydrogen) atoms. The molecule has 1 aromatic heterocycles. The number of aromatic nitrogens is 1. The van der Waals surface area contributed by atoms with Crippen molar-refractivity contribution in [3.63, 3.8) is 0 Å². The molecule has 0 spiro atoms. The lowest BCUT2D eigenvalue weighted by atomic mass is 10.2. The van der Waals surface area contributed by atoms with Gasteiger partial charge in [-0.3, -0.25) is 9.59 Å². The molecule has 0 fully saturated rings. The summed E-state index contributed by atoms with van der Waals surface area (Å²) in [6.07, 6.45) is 0.412. The molecule has 0 radical (unpaired) electrons. The van der Waals surface area contributed by atoms with E-state index in [1.165, 1.54) is 11.3 Å². The maximum Gasteiger partial charge on any atom is 0.245 e. The summed E-state index contributed by atoms with van der Waals surface area (Å²) in [5.41, 5.74) is 0.925. The van der Waals surface area contributed by atoms with Crippen molar-refractivity contribution in [1.29, 1.82) is 0 Å². The van der Waals surface area contributed by atoms with E-state index >= 15 is 0 Å². The minimum Gasteiger partial charge on any atom is -0.333 e. The Labute approximate surface area is 124 Å². The van der Waals surface area contributed by atoms with Crippen LogP contribution in [0.4, 0.5) is 5.13 Å². The van der Waals surface area contributed by atoms with Crippen molar-refractivity contribution in [2.75, 3.05) is 18.4 Å². The van der Waals surface area contributed by atoms with E-state index in [-0.39, 0.29) is 18.4 Å². The summed E-state index contributed by atoms with van der Waals surface area (Å²) in [6, 6.07) is 0. The van der Waals surface area contributed by atoms with E-state index in [9.17, 15) is 9.59 Å². The third-order valence-electron chi connectivity index (χ3n) is 2.85. The molecule has 5 nitrogen and oxygen atoms in total. The zero-order chi connectivity index (χ0) is 15.3. The number of aryl methyl sites for hydroxylation is 2. The molecule has 0 atom stereocenters. The summed E-state index contributed by atoms with van der Waals surface area (Å²) < 4.78 is 0. The van der Waals surface area contributed by atoms with Crippen molar-refractivity contribution in [3.8, 4) is 0 Å². The fourth-order valence-electron chi connectivity index (χ4n) is 1.78. The number of amides is 2. The van der Waals surface area contributed by atoms with Gasteiger partial charge >= 0.3 is 0 Å². The van der Waals surface area contributed by atoms with E-state index in [1.807, 2.05) is 27.7 Å². The predicted octanol–water partition coefficient (Wildman–Crippen LogP) is 2.59. The summed E-state index contributed by atoms with van der Waals surface area (Å²) in [5, 5.41) is 3.36. The molecule has 1 heterocycles. The second kappa shape index (κ2) is 7.38. The van der Waals surface area contributed by atoms with Gasteiger partial charge in [-0.15, -0.1) is 11.3 Å². The average molecular weight is 297 g/mol. The summed E-state index contributed by atoms with van der Waals surface area (Å²) in [4.78, 5) is 30.8. The predicted molar refractivity (Wildman–Crippen MR) is 81.9 cm³/mol. The molecule has 0 bridgehead atoms. The van der Waals surface area contributed by atoms with Crippen LogP contribution in [0, 0.1) is 19.8 Å². The first-order valence-corrected chi connectivity index (χ1v) is 7.66. The quantitative estimate of drug-likeness (QED) is 0.878. The summed E-state index contributed by atoms with van der Waals surface area (Å²) in [7, 11) is 0. The highest BCUT2D eigenvalue weighted by molar-refractivity contribution is 7.15. The van der Waals surface area contributed by atoms with Crippen LogP contribution < -0.4 is 5.32 Å². The number of hydrogen-bond donors (Lipinski definition) is 1. The van der Waals surface area contributed by atoms with Gasteiger partial charge in [0.05, 0.1) is 12.2 Å². The average Bonchev–Trinajstić information content (AvgIpc) is 2.65. The van der Waals surface area contributed by atoms with E-state index < -0.39 is 0 Å². The lowest BCUT2D eigenvalue weighted by Crippen LogP contribution is -2.39. The third-order valence-corrected chi connectivity index (χ3v) is 3.84. The van der Waals surface area contributed by atoms with E-state index in [1.54, 1.807) is 11.8 Å². The van der Waals surface area contributed by atoms with Crippen LogP contribution in [-0.4, -0.2) is 34.8 Å². The molecular formula is C14H23N3O2S. The molecule has 0 saturated heterocycles. The Morgan fingerprint density at radius 3 is 2.45 bits per heavy atom. The Bertz CT molecular complexity index is 463. The van der Waals surface area contributed by atoms with Crippen LogP contribution >= 0.6 is 11.3 Å². The molecule has 0 aliphatic rings. The fraction of sp³-hybridized carbons (Fsp3) is 0.643. The van der Waals surface area contributed by atoms with Crippen LogP contribution in [0.2, 0.25) is 0 Å². The topological polar surface area (TPSA) is 62.3 Å². The van der Waals surface area contributed by atoms with Crippen LogP contribution in [0.25, 0.3) is 0 Å².